The van der Waals surface area contributed by atoms with Crippen molar-refractivity contribution in [3.63, 3.8) is 0 Å². The summed E-state index contributed by atoms with van der Waals surface area (Å²) < 4.78 is 0. The lowest BCUT2D eigenvalue weighted by Crippen LogP contribution is -2.59. The van der Waals surface area contributed by atoms with Gasteiger partial charge in [-0.3, -0.25) is 15.0 Å². The first kappa shape index (κ1) is 10.9. The predicted octanol–water partition coefficient (Wildman–Crippen LogP) is -2.24. The Bertz CT molecular complexity index is 373. The molecule has 0 radical (unpaired) electrons. The van der Waals surface area contributed by atoms with E-state index in [9.17, 15) is 19.8 Å². The van der Waals surface area contributed by atoms with E-state index in [0.717, 1.165) is 0 Å². The number of likely N-dealkylation sites (N-methyl/N-ethyl adjacent to an activating group) is 1. The number of fused-ring (bicyclic) bond motifs is 2. The first-order valence-corrected chi connectivity index (χ1v) is 5.66. The topological polar surface area (TPSA) is 102 Å². The van der Waals surface area contributed by atoms with Crippen molar-refractivity contribution >= 4 is 11.9 Å². The molecule has 3 fully saturated rings. The Kier molecular flexibility index (Phi) is 2.05. The van der Waals surface area contributed by atoms with Crippen molar-refractivity contribution in [2.45, 2.75) is 42.7 Å². The van der Waals surface area contributed by atoms with Gasteiger partial charge in [-0.1, -0.05) is 0 Å². The van der Waals surface area contributed by atoms with E-state index in [1.807, 2.05) is 11.9 Å². The molecule has 7 nitrogen and oxygen atoms in total. The fourth-order valence-corrected chi connectivity index (χ4v) is 3.33. The van der Waals surface area contributed by atoms with Gasteiger partial charge in [0.05, 0.1) is 12.2 Å². The molecule has 4 N–H and O–H groups in total. The molecule has 7 heteroatoms. The van der Waals surface area contributed by atoms with Gasteiger partial charge in [-0.25, -0.2) is 4.79 Å². The van der Waals surface area contributed by atoms with E-state index in [4.69, 9.17) is 0 Å². The lowest BCUT2D eigenvalue weighted by molar-refractivity contribution is -0.126. The molecule has 94 valence electrons. The van der Waals surface area contributed by atoms with Crippen LogP contribution in [0.5, 0.6) is 0 Å². The van der Waals surface area contributed by atoms with Crippen molar-refractivity contribution in [2.75, 3.05) is 7.05 Å². The minimum atomic E-state index is -0.961. The number of nitrogens with one attached hydrogen (secondary N) is 2. The number of carbonyl (C=O) groups is 2. The molecular weight excluding hydrogens is 226 g/mol. The summed E-state index contributed by atoms with van der Waals surface area (Å²) in [7, 11) is 1.82. The van der Waals surface area contributed by atoms with E-state index in [1.54, 1.807) is 0 Å². The number of aliphatic hydroxyl groups excluding tert-OH is 2. The summed E-state index contributed by atoms with van der Waals surface area (Å²) in [6.07, 6.45) is -1.07. The molecule has 3 rings (SSSR count). The quantitative estimate of drug-likeness (QED) is 0.359. The van der Waals surface area contributed by atoms with Gasteiger partial charge >= 0.3 is 6.03 Å². The summed E-state index contributed by atoms with van der Waals surface area (Å²) in [5, 5.41) is 24.6. The number of hydrogen-bond donors (Lipinski definition) is 4. The van der Waals surface area contributed by atoms with Crippen LogP contribution >= 0.6 is 0 Å². The van der Waals surface area contributed by atoms with Gasteiger partial charge in [0.2, 0.25) is 0 Å². The summed E-state index contributed by atoms with van der Waals surface area (Å²) in [4.78, 5) is 24.9. The van der Waals surface area contributed by atoms with Crippen LogP contribution < -0.4 is 10.6 Å². The van der Waals surface area contributed by atoms with Crippen LogP contribution in [0.3, 0.4) is 0 Å². The molecule has 3 amide bonds. The van der Waals surface area contributed by atoms with E-state index >= 15 is 0 Å². The number of aliphatic hydroxyl groups is 2. The van der Waals surface area contributed by atoms with Crippen LogP contribution in [0.2, 0.25) is 0 Å². The number of imide groups is 1. The molecule has 1 unspecified atom stereocenters. The molecule has 3 aliphatic heterocycles. The van der Waals surface area contributed by atoms with Crippen LogP contribution in [-0.4, -0.2) is 63.9 Å². The Morgan fingerprint density at radius 1 is 1.24 bits per heavy atom. The highest BCUT2D eigenvalue weighted by Crippen LogP contribution is 2.41. The van der Waals surface area contributed by atoms with Crippen molar-refractivity contribution in [3.8, 4) is 0 Å². The van der Waals surface area contributed by atoms with E-state index in [1.165, 1.54) is 0 Å². The fraction of sp³-hybridized carbons (Fsp3) is 0.800. The molecule has 3 aliphatic rings. The number of nitrogens with zero attached hydrogens (tertiary/aromatic N) is 1. The average Bonchev–Trinajstić information content (AvgIpc) is 2.58. The second kappa shape index (κ2) is 3.18. The molecule has 2 bridgehead atoms. The smallest absolute Gasteiger partial charge is 0.322 e. The van der Waals surface area contributed by atoms with Gasteiger partial charge < -0.3 is 15.5 Å². The molecule has 3 heterocycles. The molecule has 0 saturated carbocycles. The molecule has 0 aromatic carbocycles. The van der Waals surface area contributed by atoms with Gasteiger partial charge in [0, 0.05) is 12.1 Å². The molecule has 0 aromatic heterocycles. The van der Waals surface area contributed by atoms with E-state index in [-0.39, 0.29) is 18.0 Å². The standard InChI is InChI=1S/C10H15N3O4/c1-13-4-2-10(8(16)11-9(17)12-10)3-5(13)7(15)6(4)14/h4-7,14-15H,2-3H2,1H3,(H2,11,12,16,17)/t4-,5+,6-,7+,10?. The van der Waals surface area contributed by atoms with Crippen LogP contribution in [0.4, 0.5) is 4.79 Å². The van der Waals surface area contributed by atoms with Crippen LogP contribution in [0.15, 0.2) is 0 Å². The highest BCUT2D eigenvalue weighted by Gasteiger charge is 2.60. The fourth-order valence-electron chi connectivity index (χ4n) is 3.33. The second-order valence-corrected chi connectivity index (χ2v) is 5.18. The predicted molar refractivity (Wildman–Crippen MR) is 56.0 cm³/mol. The van der Waals surface area contributed by atoms with Crippen molar-refractivity contribution < 1.29 is 19.8 Å². The van der Waals surface area contributed by atoms with Crippen LogP contribution in [0.25, 0.3) is 0 Å². The van der Waals surface area contributed by atoms with Crippen LogP contribution in [0.1, 0.15) is 12.8 Å². The summed E-state index contributed by atoms with van der Waals surface area (Å²) >= 11 is 0. The van der Waals surface area contributed by atoms with Gasteiger partial charge in [0.1, 0.15) is 5.54 Å². The largest absolute Gasteiger partial charge is 0.389 e. The summed E-state index contributed by atoms with van der Waals surface area (Å²) in [5.74, 6) is -0.355. The zero-order valence-corrected chi connectivity index (χ0v) is 9.38. The highest BCUT2D eigenvalue weighted by atomic mass is 16.3. The normalized spacial score (nSPS) is 49.6. The Labute approximate surface area is 97.8 Å². The molecule has 3 saturated heterocycles. The average molecular weight is 241 g/mol. The number of hydrogen-bond acceptors (Lipinski definition) is 5. The number of carbonyl (C=O) groups excluding carboxylic acids is 2. The van der Waals surface area contributed by atoms with Crippen LogP contribution in [0, 0.1) is 0 Å². The van der Waals surface area contributed by atoms with E-state index < -0.39 is 23.8 Å². The Morgan fingerprint density at radius 3 is 2.18 bits per heavy atom. The minimum Gasteiger partial charge on any atom is -0.389 e. The third kappa shape index (κ3) is 1.27. The monoisotopic (exact) mass is 241 g/mol. The maximum atomic E-state index is 11.8. The number of piperidine rings is 1. The Balaban J connectivity index is 1.94. The van der Waals surface area contributed by atoms with Gasteiger partial charge in [-0.2, -0.15) is 0 Å². The van der Waals surface area contributed by atoms with Gasteiger partial charge in [-0.15, -0.1) is 0 Å². The lowest BCUT2D eigenvalue weighted by atomic mass is 9.83. The lowest BCUT2D eigenvalue weighted by Gasteiger charge is -2.41. The zero-order valence-electron chi connectivity index (χ0n) is 9.38. The number of urea groups is 1. The van der Waals surface area contributed by atoms with Crippen LogP contribution in [-0.2, 0) is 4.79 Å². The number of amides is 3. The molecule has 0 aromatic rings. The minimum absolute atomic E-state index is 0.298. The number of rotatable bonds is 0. The molecule has 0 aliphatic carbocycles. The highest BCUT2D eigenvalue weighted by molar-refractivity contribution is 6.07. The van der Waals surface area contributed by atoms with Crippen molar-refractivity contribution in [1.82, 2.24) is 15.5 Å². The maximum absolute atomic E-state index is 11.8. The summed E-state index contributed by atoms with van der Waals surface area (Å²) in [5.41, 5.74) is -0.961. The maximum Gasteiger partial charge on any atom is 0.322 e. The zero-order chi connectivity index (χ0) is 12.4. The van der Waals surface area contributed by atoms with Crippen molar-refractivity contribution in [3.05, 3.63) is 0 Å². The molecule has 17 heavy (non-hydrogen) atoms. The SMILES string of the molecule is CN1[C@@H]2CC3(C[C@H]1[C@H](O)[C@@H]2O)NC(=O)NC3=O. The first-order chi connectivity index (χ1) is 7.94. The first-order valence-electron chi connectivity index (χ1n) is 5.66. The Hall–Kier alpha value is -1.18. The molecular formula is C10H15N3O4. The summed E-state index contributed by atoms with van der Waals surface area (Å²) in [6, 6.07) is -1.09. The molecule has 1 spiro atoms. The summed E-state index contributed by atoms with van der Waals surface area (Å²) in [6.45, 7) is 0. The van der Waals surface area contributed by atoms with Gasteiger partial charge in [0.25, 0.3) is 5.91 Å². The van der Waals surface area contributed by atoms with E-state index in [2.05, 4.69) is 10.6 Å². The second-order valence-electron chi connectivity index (χ2n) is 5.18. The van der Waals surface area contributed by atoms with Gasteiger partial charge in [0.15, 0.2) is 0 Å². The van der Waals surface area contributed by atoms with E-state index in [0.29, 0.717) is 12.8 Å². The van der Waals surface area contributed by atoms with Crippen molar-refractivity contribution in [1.29, 1.82) is 0 Å². The van der Waals surface area contributed by atoms with Gasteiger partial charge in [-0.05, 0) is 19.9 Å². The third-order valence-corrected chi connectivity index (χ3v) is 4.31. The molecule has 5 atom stereocenters. The van der Waals surface area contributed by atoms with Crippen molar-refractivity contribution in [2.24, 2.45) is 0 Å². The third-order valence-electron chi connectivity index (χ3n) is 4.31. The Morgan fingerprint density at radius 2 is 1.76 bits per heavy atom.